The summed E-state index contributed by atoms with van der Waals surface area (Å²) in [5.41, 5.74) is 3.32. The number of carbonyl (C=O) groups is 3. The summed E-state index contributed by atoms with van der Waals surface area (Å²) in [6, 6.07) is 12.5. The van der Waals surface area contributed by atoms with Gasteiger partial charge in [0.2, 0.25) is 0 Å². The maximum atomic E-state index is 13.1. The second-order valence-corrected chi connectivity index (χ2v) is 8.36. The van der Waals surface area contributed by atoms with Crippen molar-refractivity contribution in [3.63, 3.8) is 0 Å². The number of hydrogen-bond acceptors (Lipinski definition) is 4. The minimum absolute atomic E-state index is 0.00939. The lowest BCUT2D eigenvalue weighted by atomic mass is 10.1. The summed E-state index contributed by atoms with van der Waals surface area (Å²) < 4.78 is 0. The smallest absolute Gasteiger partial charge is 0.283 e. The van der Waals surface area contributed by atoms with E-state index in [0.29, 0.717) is 16.9 Å². The SMILES string of the molecule is Cc1ccc(C)c(N2C(=O)C(Cl)=C(Nc3cccc(C(=O)N4CCCCC4)c3)C2=O)c1. The van der Waals surface area contributed by atoms with E-state index in [0.717, 1.165) is 48.4 Å². The molecule has 0 radical (unpaired) electrons. The number of halogens is 1. The molecule has 0 spiro atoms. The molecule has 0 aliphatic carbocycles. The Balaban J connectivity index is 1.58. The molecule has 3 amide bonds. The van der Waals surface area contributed by atoms with Crippen LogP contribution in [0.1, 0.15) is 40.7 Å². The Bertz CT molecular complexity index is 1100. The fraction of sp³-hybridized carbons (Fsp3) is 0.292. The van der Waals surface area contributed by atoms with Crippen molar-refractivity contribution in [2.45, 2.75) is 33.1 Å². The molecule has 0 unspecified atom stereocenters. The Morgan fingerprint density at radius 2 is 1.71 bits per heavy atom. The number of nitrogens with one attached hydrogen (secondary N) is 1. The summed E-state index contributed by atoms with van der Waals surface area (Å²) in [6.45, 7) is 5.24. The summed E-state index contributed by atoms with van der Waals surface area (Å²) >= 11 is 6.26. The van der Waals surface area contributed by atoms with Crippen LogP contribution in [0.3, 0.4) is 0 Å². The molecule has 7 heteroatoms. The fourth-order valence-corrected chi connectivity index (χ4v) is 4.16. The maximum Gasteiger partial charge on any atom is 0.283 e. The molecular weight excluding hydrogens is 414 g/mol. The van der Waals surface area contributed by atoms with Crippen molar-refractivity contribution in [2.24, 2.45) is 0 Å². The number of amides is 3. The molecule has 2 aromatic rings. The molecule has 0 aromatic heterocycles. The molecule has 0 atom stereocenters. The Kier molecular flexibility index (Phi) is 5.83. The van der Waals surface area contributed by atoms with Crippen molar-refractivity contribution in [3.8, 4) is 0 Å². The second kappa shape index (κ2) is 8.55. The first-order valence-corrected chi connectivity index (χ1v) is 10.8. The average molecular weight is 438 g/mol. The van der Waals surface area contributed by atoms with Crippen LogP contribution in [-0.4, -0.2) is 35.7 Å². The Labute approximate surface area is 186 Å². The van der Waals surface area contributed by atoms with Crippen molar-refractivity contribution in [3.05, 3.63) is 69.9 Å². The van der Waals surface area contributed by atoms with E-state index in [1.165, 1.54) is 0 Å². The Morgan fingerprint density at radius 3 is 2.45 bits per heavy atom. The first-order valence-electron chi connectivity index (χ1n) is 10.4. The van der Waals surface area contributed by atoms with E-state index < -0.39 is 11.8 Å². The van der Waals surface area contributed by atoms with Gasteiger partial charge in [-0.3, -0.25) is 14.4 Å². The number of nitrogens with zero attached hydrogens (tertiary/aromatic N) is 2. The average Bonchev–Trinajstić information content (AvgIpc) is 2.99. The third-order valence-electron chi connectivity index (χ3n) is 5.65. The summed E-state index contributed by atoms with van der Waals surface area (Å²) in [5.74, 6) is -1.12. The maximum absolute atomic E-state index is 13.1. The van der Waals surface area contributed by atoms with Crippen LogP contribution < -0.4 is 10.2 Å². The summed E-state index contributed by atoms with van der Waals surface area (Å²) in [4.78, 5) is 41.6. The quantitative estimate of drug-likeness (QED) is 0.721. The number of anilines is 2. The molecule has 1 N–H and O–H groups in total. The van der Waals surface area contributed by atoms with Gasteiger partial charge in [-0.2, -0.15) is 0 Å². The molecule has 4 rings (SSSR count). The standard InChI is InChI=1S/C24H24ClN3O3/c1-15-9-10-16(2)19(13-15)28-23(30)20(25)21(24(28)31)26-18-8-6-7-17(14-18)22(29)27-11-4-3-5-12-27/h6-10,13-14,26H,3-5,11-12H2,1-2H3. The minimum atomic E-state index is -0.566. The number of piperidine rings is 1. The van der Waals surface area contributed by atoms with E-state index in [1.807, 2.05) is 30.9 Å². The largest absolute Gasteiger partial charge is 0.350 e. The number of imide groups is 1. The highest BCUT2D eigenvalue weighted by atomic mass is 35.5. The molecule has 6 nitrogen and oxygen atoms in total. The molecule has 2 aliphatic rings. The molecule has 160 valence electrons. The molecular formula is C24H24ClN3O3. The van der Waals surface area contributed by atoms with Crippen LogP contribution in [-0.2, 0) is 9.59 Å². The van der Waals surface area contributed by atoms with Gasteiger partial charge in [-0.25, -0.2) is 4.90 Å². The van der Waals surface area contributed by atoms with Crippen molar-refractivity contribution >= 4 is 40.7 Å². The van der Waals surface area contributed by atoms with Crippen LogP contribution in [0.4, 0.5) is 11.4 Å². The first kappa shape index (κ1) is 21.1. The number of rotatable bonds is 4. The van der Waals surface area contributed by atoms with Gasteiger partial charge in [0.1, 0.15) is 10.7 Å². The molecule has 2 heterocycles. The third-order valence-corrected chi connectivity index (χ3v) is 6.01. The topological polar surface area (TPSA) is 69.7 Å². The van der Waals surface area contributed by atoms with Gasteiger partial charge in [0.15, 0.2) is 0 Å². The number of likely N-dealkylation sites (tertiary alicyclic amines) is 1. The monoisotopic (exact) mass is 437 g/mol. The van der Waals surface area contributed by atoms with E-state index in [-0.39, 0.29) is 16.6 Å². The van der Waals surface area contributed by atoms with Crippen molar-refractivity contribution in [1.82, 2.24) is 4.90 Å². The van der Waals surface area contributed by atoms with Gasteiger partial charge in [-0.1, -0.05) is 29.8 Å². The van der Waals surface area contributed by atoms with Crippen molar-refractivity contribution in [1.29, 1.82) is 0 Å². The summed E-state index contributed by atoms with van der Waals surface area (Å²) in [5, 5.41) is 2.80. The van der Waals surface area contributed by atoms with Gasteiger partial charge in [-0.05, 0) is 68.5 Å². The lowest BCUT2D eigenvalue weighted by Crippen LogP contribution is -2.35. The molecule has 2 aliphatic heterocycles. The van der Waals surface area contributed by atoms with E-state index in [2.05, 4.69) is 5.32 Å². The molecule has 1 fully saturated rings. The van der Waals surface area contributed by atoms with Crippen molar-refractivity contribution < 1.29 is 14.4 Å². The van der Waals surface area contributed by atoms with E-state index in [4.69, 9.17) is 11.6 Å². The minimum Gasteiger partial charge on any atom is -0.350 e. The number of carbonyl (C=O) groups excluding carboxylic acids is 3. The summed E-state index contributed by atoms with van der Waals surface area (Å²) in [7, 11) is 0. The first-order chi connectivity index (χ1) is 14.9. The van der Waals surface area contributed by atoms with Gasteiger partial charge < -0.3 is 10.2 Å². The van der Waals surface area contributed by atoms with Crippen LogP contribution in [0.15, 0.2) is 53.2 Å². The van der Waals surface area contributed by atoms with E-state index in [1.54, 1.807) is 30.3 Å². The zero-order valence-electron chi connectivity index (χ0n) is 17.6. The van der Waals surface area contributed by atoms with Crippen LogP contribution in [0.5, 0.6) is 0 Å². The second-order valence-electron chi connectivity index (χ2n) is 7.98. The zero-order valence-corrected chi connectivity index (χ0v) is 18.3. The molecule has 1 saturated heterocycles. The zero-order chi connectivity index (χ0) is 22.1. The third kappa shape index (κ3) is 4.08. The predicted octanol–water partition coefficient (Wildman–Crippen LogP) is 4.37. The Morgan fingerprint density at radius 1 is 0.968 bits per heavy atom. The van der Waals surface area contributed by atoms with Crippen LogP contribution in [0.25, 0.3) is 0 Å². The van der Waals surface area contributed by atoms with Gasteiger partial charge >= 0.3 is 0 Å². The molecule has 0 bridgehead atoms. The molecule has 2 aromatic carbocycles. The van der Waals surface area contributed by atoms with Crippen molar-refractivity contribution in [2.75, 3.05) is 23.3 Å². The van der Waals surface area contributed by atoms with Gasteiger partial charge in [0.05, 0.1) is 5.69 Å². The van der Waals surface area contributed by atoms with Crippen LogP contribution >= 0.6 is 11.6 Å². The lowest BCUT2D eigenvalue weighted by Gasteiger charge is -2.26. The number of hydrogen-bond donors (Lipinski definition) is 1. The lowest BCUT2D eigenvalue weighted by molar-refractivity contribution is -0.120. The number of benzene rings is 2. The van der Waals surface area contributed by atoms with Gasteiger partial charge in [0.25, 0.3) is 17.7 Å². The summed E-state index contributed by atoms with van der Waals surface area (Å²) in [6.07, 6.45) is 3.17. The number of aryl methyl sites for hydroxylation is 2. The normalized spacial score (nSPS) is 16.9. The van der Waals surface area contributed by atoms with Gasteiger partial charge in [-0.15, -0.1) is 0 Å². The van der Waals surface area contributed by atoms with Gasteiger partial charge in [0, 0.05) is 24.3 Å². The molecule has 0 saturated carbocycles. The highest BCUT2D eigenvalue weighted by molar-refractivity contribution is 6.53. The predicted molar refractivity (Wildman–Crippen MR) is 121 cm³/mol. The van der Waals surface area contributed by atoms with E-state index in [9.17, 15) is 14.4 Å². The molecule has 31 heavy (non-hydrogen) atoms. The highest BCUT2D eigenvalue weighted by Gasteiger charge is 2.39. The Hall–Kier alpha value is -3.12. The van der Waals surface area contributed by atoms with Crippen LogP contribution in [0, 0.1) is 13.8 Å². The van der Waals surface area contributed by atoms with E-state index >= 15 is 0 Å². The fourth-order valence-electron chi connectivity index (χ4n) is 3.94. The highest BCUT2D eigenvalue weighted by Crippen LogP contribution is 2.32. The van der Waals surface area contributed by atoms with Crippen LogP contribution in [0.2, 0.25) is 0 Å².